The summed E-state index contributed by atoms with van der Waals surface area (Å²) in [6.07, 6.45) is 6.81. The summed E-state index contributed by atoms with van der Waals surface area (Å²) >= 11 is 0. The van der Waals surface area contributed by atoms with E-state index in [0.29, 0.717) is 11.1 Å². The first-order valence-electron chi connectivity index (χ1n) is 9.59. The number of benzene rings is 2. The highest BCUT2D eigenvalue weighted by molar-refractivity contribution is 6.09. The first kappa shape index (κ1) is 19.0. The van der Waals surface area contributed by atoms with Crippen LogP contribution in [-0.4, -0.2) is 40.9 Å². The summed E-state index contributed by atoms with van der Waals surface area (Å²) in [7, 11) is 0. The Bertz CT molecular complexity index is 730. The highest BCUT2D eigenvalue weighted by Crippen LogP contribution is 2.15. The molecule has 0 saturated heterocycles. The summed E-state index contributed by atoms with van der Waals surface area (Å²) in [5.41, 5.74) is 0.946. The summed E-state index contributed by atoms with van der Waals surface area (Å²) in [4.78, 5) is 11.9. The molecule has 2 aliphatic rings. The van der Waals surface area contributed by atoms with Crippen LogP contribution < -0.4 is 10.4 Å². The van der Waals surface area contributed by atoms with E-state index in [2.05, 4.69) is 9.89 Å². The van der Waals surface area contributed by atoms with Crippen LogP contribution in [0, 0.1) is 0 Å². The number of nitrogens with one attached hydrogen (secondary N) is 1. The largest absolute Gasteiger partial charge is 0.872 e. The number of phenolic OH excluding ortho intramolecular Hbond substituents is 1. The van der Waals surface area contributed by atoms with Crippen molar-refractivity contribution in [2.75, 3.05) is 19.6 Å². The normalized spacial score (nSPS) is 16.3. The lowest BCUT2D eigenvalue weighted by Crippen LogP contribution is -2.40. The van der Waals surface area contributed by atoms with Gasteiger partial charge >= 0.3 is 0 Å². The molecule has 2 heterocycles. The van der Waals surface area contributed by atoms with Crippen molar-refractivity contribution in [1.29, 1.82) is 0 Å². The highest BCUT2D eigenvalue weighted by atomic mass is 16.3. The maximum Gasteiger partial charge on any atom is 0.244 e. The van der Waals surface area contributed by atoms with Crippen LogP contribution in [0.2, 0.25) is 0 Å². The van der Waals surface area contributed by atoms with Gasteiger partial charge in [-0.25, -0.2) is 0 Å². The van der Waals surface area contributed by atoms with E-state index in [1.54, 1.807) is 12.1 Å². The van der Waals surface area contributed by atoms with Gasteiger partial charge in [0.2, 0.25) is 5.84 Å². The van der Waals surface area contributed by atoms with Crippen LogP contribution in [0.3, 0.4) is 0 Å². The van der Waals surface area contributed by atoms with Crippen LogP contribution in [0.15, 0.2) is 48.5 Å². The number of amidine groups is 1. The van der Waals surface area contributed by atoms with Crippen LogP contribution >= 0.6 is 0 Å². The van der Waals surface area contributed by atoms with Crippen molar-refractivity contribution in [2.24, 2.45) is 0 Å². The first-order valence-corrected chi connectivity index (χ1v) is 9.59. The molecule has 2 aliphatic heterocycles. The van der Waals surface area contributed by atoms with Crippen molar-refractivity contribution in [3.8, 4) is 11.5 Å². The molecule has 0 saturated carbocycles. The van der Waals surface area contributed by atoms with Crippen LogP contribution in [0.4, 0.5) is 0 Å². The van der Waals surface area contributed by atoms with E-state index < -0.39 is 0 Å². The number of phenols is 1. The van der Waals surface area contributed by atoms with Crippen LogP contribution in [0.5, 0.6) is 11.5 Å². The minimum atomic E-state index is -0.167. The third kappa shape index (κ3) is 5.33. The maximum absolute atomic E-state index is 11.9. The predicted molar refractivity (Wildman–Crippen MR) is 104 cm³/mol. The van der Waals surface area contributed by atoms with Gasteiger partial charge in [-0.2, -0.15) is 0 Å². The molecule has 142 valence electrons. The van der Waals surface area contributed by atoms with E-state index in [4.69, 9.17) is 5.11 Å². The monoisotopic (exact) mass is 366 g/mol. The quantitative estimate of drug-likeness (QED) is 0.633. The minimum absolute atomic E-state index is 0.117. The van der Waals surface area contributed by atoms with Gasteiger partial charge in [-0.3, -0.25) is 14.7 Å². The summed E-state index contributed by atoms with van der Waals surface area (Å²) in [6, 6.07) is 11.7. The molecule has 0 unspecified atom stereocenters. The number of nitrogens with zero attached hydrogens (tertiary/aromatic N) is 1. The van der Waals surface area contributed by atoms with Crippen LogP contribution in [0.25, 0.3) is 0 Å². The molecule has 2 aromatic carbocycles. The SMILES string of the molecule is C1CCC2=[N+](CC1)CCCN2.O=C(c1ccc([O-])cc1)c1ccc(O)cc1. The Morgan fingerprint density at radius 2 is 1.52 bits per heavy atom. The number of hydrogen-bond acceptors (Lipinski definition) is 4. The van der Waals surface area contributed by atoms with Crippen LogP contribution in [-0.2, 0) is 0 Å². The second-order valence-electron chi connectivity index (χ2n) is 6.93. The fourth-order valence-electron chi connectivity index (χ4n) is 3.40. The fourth-order valence-corrected chi connectivity index (χ4v) is 3.40. The van der Waals surface area contributed by atoms with Crippen molar-refractivity contribution in [3.05, 3.63) is 59.7 Å². The first-order chi connectivity index (χ1) is 13.1. The number of hydrogen-bond donors (Lipinski definition) is 2. The van der Waals surface area contributed by atoms with E-state index in [1.807, 2.05) is 0 Å². The van der Waals surface area contributed by atoms with Crippen LogP contribution in [0.1, 0.15) is 48.0 Å². The van der Waals surface area contributed by atoms with Gasteiger partial charge in [0, 0.05) is 24.0 Å². The Morgan fingerprint density at radius 3 is 2.22 bits per heavy atom. The van der Waals surface area contributed by atoms with E-state index >= 15 is 0 Å². The average molecular weight is 366 g/mol. The summed E-state index contributed by atoms with van der Waals surface area (Å²) in [5, 5.41) is 23.5. The topological polar surface area (TPSA) is 75.4 Å². The molecule has 2 aromatic rings. The molecule has 0 atom stereocenters. The molecular formula is C22H26N2O3. The van der Waals surface area contributed by atoms with Gasteiger partial charge in [-0.1, -0.05) is 24.3 Å². The van der Waals surface area contributed by atoms with Gasteiger partial charge in [0.1, 0.15) is 5.75 Å². The minimum Gasteiger partial charge on any atom is -0.872 e. The lowest BCUT2D eigenvalue weighted by Gasteiger charge is -2.14. The second kappa shape index (κ2) is 9.21. The van der Waals surface area contributed by atoms with Crippen molar-refractivity contribution in [3.63, 3.8) is 0 Å². The average Bonchev–Trinajstić information content (AvgIpc) is 2.95. The number of carbonyl (C=O) groups is 1. The van der Waals surface area contributed by atoms with E-state index in [1.165, 1.54) is 94.0 Å². The molecule has 0 aliphatic carbocycles. The number of rotatable bonds is 2. The second-order valence-corrected chi connectivity index (χ2v) is 6.93. The Balaban J connectivity index is 0.000000166. The zero-order valence-electron chi connectivity index (χ0n) is 15.5. The van der Waals surface area contributed by atoms with Gasteiger partial charge in [-0.05, 0) is 43.5 Å². The molecule has 2 N–H and O–H groups in total. The van der Waals surface area contributed by atoms with Gasteiger partial charge in [0.25, 0.3) is 0 Å². The molecule has 4 rings (SSSR count). The number of ketones is 1. The van der Waals surface area contributed by atoms with Crippen molar-refractivity contribution in [1.82, 2.24) is 5.32 Å². The smallest absolute Gasteiger partial charge is 0.244 e. The Hall–Kier alpha value is -2.82. The fraction of sp³-hybridized carbons (Fsp3) is 0.364. The summed E-state index contributed by atoms with van der Waals surface area (Å²) in [5.74, 6) is 1.35. The molecule has 0 bridgehead atoms. The van der Waals surface area contributed by atoms with Gasteiger partial charge in [-0.15, -0.1) is 5.75 Å². The molecule has 5 heteroatoms. The highest BCUT2D eigenvalue weighted by Gasteiger charge is 2.19. The summed E-state index contributed by atoms with van der Waals surface area (Å²) in [6.45, 7) is 3.79. The standard InChI is InChI=1S/C13H10O3.C9H16N2/c14-11-5-1-9(2-6-11)13(16)10-3-7-12(15)8-4-10;1-2-5-9-10-6-4-8-11(9)7-3-1/h1-8,14-15H;1-8H2. The number of aromatic hydroxyl groups is 1. The molecule has 0 fully saturated rings. The zero-order valence-corrected chi connectivity index (χ0v) is 15.5. The van der Waals surface area contributed by atoms with Gasteiger partial charge in [0.05, 0.1) is 19.6 Å². The third-order valence-corrected chi connectivity index (χ3v) is 4.90. The van der Waals surface area contributed by atoms with Crippen molar-refractivity contribution < 1.29 is 19.6 Å². The molecule has 0 aromatic heterocycles. The predicted octanol–water partition coefficient (Wildman–Crippen LogP) is 2.66. The van der Waals surface area contributed by atoms with Crippen molar-refractivity contribution >= 4 is 11.6 Å². The maximum atomic E-state index is 11.9. The Labute approximate surface area is 160 Å². The molecular weight excluding hydrogens is 340 g/mol. The summed E-state index contributed by atoms with van der Waals surface area (Å²) < 4.78 is 2.54. The molecule has 0 radical (unpaired) electrons. The molecule has 0 amide bonds. The lowest BCUT2D eigenvalue weighted by molar-refractivity contribution is -0.534. The van der Waals surface area contributed by atoms with E-state index in [9.17, 15) is 9.90 Å². The Kier molecular flexibility index (Phi) is 6.47. The van der Waals surface area contributed by atoms with Gasteiger partial charge < -0.3 is 10.2 Å². The van der Waals surface area contributed by atoms with Crippen molar-refractivity contribution in [2.45, 2.75) is 32.1 Å². The molecule has 27 heavy (non-hydrogen) atoms. The lowest BCUT2D eigenvalue weighted by atomic mass is 10.0. The van der Waals surface area contributed by atoms with Gasteiger partial charge in [0.15, 0.2) is 5.78 Å². The third-order valence-electron chi connectivity index (χ3n) is 4.90. The zero-order chi connectivity index (χ0) is 19.1. The molecule has 5 nitrogen and oxygen atoms in total. The van der Waals surface area contributed by atoms with E-state index in [0.717, 1.165) is 0 Å². The number of carbonyl (C=O) groups excluding carboxylic acids is 1. The molecule has 0 spiro atoms. The Morgan fingerprint density at radius 1 is 0.889 bits per heavy atom. The van der Waals surface area contributed by atoms with E-state index in [-0.39, 0.29) is 17.3 Å².